The maximum Gasteiger partial charge on any atom is 0.257 e. The van der Waals surface area contributed by atoms with Gasteiger partial charge in [-0.05, 0) is 52.3 Å². The molecule has 0 aliphatic carbocycles. The minimum Gasteiger partial charge on any atom is -0.387 e. The first-order valence-corrected chi connectivity index (χ1v) is 7.30. The molecule has 104 valence electrons. The average Bonchev–Trinajstić information content (AvgIpc) is 2.43. The molecule has 0 fully saturated rings. The highest BCUT2D eigenvalue weighted by Crippen LogP contribution is 2.27. The third kappa shape index (κ3) is 3.45. The van der Waals surface area contributed by atoms with Crippen LogP contribution >= 0.6 is 39.1 Å². The second kappa shape index (κ2) is 6.48. The number of nitrogens with one attached hydrogen (secondary N) is 2. The van der Waals surface area contributed by atoms with Crippen LogP contribution in [-0.4, -0.2) is 13.0 Å². The van der Waals surface area contributed by atoms with Crippen molar-refractivity contribution in [3.63, 3.8) is 0 Å². The Morgan fingerprint density at radius 2 is 1.90 bits per heavy atom. The van der Waals surface area contributed by atoms with E-state index in [0.717, 1.165) is 4.47 Å². The largest absolute Gasteiger partial charge is 0.387 e. The SMILES string of the molecule is CNc1ccc(Cl)cc1C(=O)Nc1ccc(Br)c(Cl)c1. The molecule has 0 saturated carbocycles. The minimum absolute atomic E-state index is 0.254. The fraction of sp³-hybridized carbons (Fsp3) is 0.0714. The number of amides is 1. The predicted octanol–water partition coefficient (Wildman–Crippen LogP) is 5.05. The van der Waals surface area contributed by atoms with Crippen LogP contribution in [0.3, 0.4) is 0 Å². The Balaban J connectivity index is 2.27. The van der Waals surface area contributed by atoms with Crippen molar-refractivity contribution in [2.24, 2.45) is 0 Å². The summed E-state index contributed by atoms with van der Waals surface area (Å²) in [6.07, 6.45) is 0. The number of hydrogen-bond donors (Lipinski definition) is 2. The Bertz CT molecular complexity index is 662. The zero-order chi connectivity index (χ0) is 14.7. The van der Waals surface area contributed by atoms with Crippen molar-refractivity contribution in [1.29, 1.82) is 0 Å². The van der Waals surface area contributed by atoms with Gasteiger partial charge in [-0.15, -0.1) is 0 Å². The molecule has 3 nitrogen and oxygen atoms in total. The smallest absolute Gasteiger partial charge is 0.257 e. The maximum atomic E-state index is 12.3. The lowest BCUT2D eigenvalue weighted by Crippen LogP contribution is -2.14. The lowest BCUT2D eigenvalue weighted by Gasteiger charge is -2.11. The molecule has 0 aliphatic rings. The second-order valence-electron chi connectivity index (χ2n) is 4.02. The Hall–Kier alpha value is -1.23. The molecule has 20 heavy (non-hydrogen) atoms. The van der Waals surface area contributed by atoms with Crippen LogP contribution < -0.4 is 10.6 Å². The van der Waals surface area contributed by atoms with Gasteiger partial charge in [0.25, 0.3) is 5.91 Å². The average molecular weight is 374 g/mol. The number of rotatable bonds is 3. The Labute approximate surface area is 135 Å². The molecule has 0 spiro atoms. The Morgan fingerprint density at radius 3 is 2.55 bits per heavy atom. The molecule has 0 unspecified atom stereocenters. The van der Waals surface area contributed by atoms with E-state index in [9.17, 15) is 4.79 Å². The van der Waals surface area contributed by atoms with Crippen LogP contribution in [0.1, 0.15) is 10.4 Å². The molecule has 0 atom stereocenters. The molecule has 0 aliphatic heterocycles. The number of carbonyl (C=O) groups excluding carboxylic acids is 1. The first kappa shape index (κ1) is 15.2. The van der Waals surface area contributed by atoms with Crippen molar-refractivity contribution in [2.75, 3.05) is 17.7 Å². The van der Waals surface area contributed by atoms with Crippen molar-refractivity contribution in [3.05, 3.63) is 56.5 Å². The maximum absolute atomic E-state index is 12.3. The van der Waals surface area contributed by atoms with Crippen LogP contribution in [0.2, 0.25) is 10.0 Å². The van der Waals surface area contributed by atoms with E-state index < -0.39 is 0 Å². The summed E-state index contributed by atoms with van der Waals surface area (Å²) < 4.78 is 0.774. The van der Waals surface area contributed by atoms with Gasteiger partial charge in [0, 0.05) is 27.9 Å². The topological polar surface area (TPSA) is 41.1 Å². The Kier molecular flexibility index (Phi) is 4.91. The van der Waals surface area contributed by atoms with E-state index in [4.69, 9.17) is 23.2 Å². The van der Waals surface area contributed by atoms with E-state index in [0.29, 0.717) is 27.0 Å². The molecule has 0 radical (unpaired) electrons. The van der Waals surface area contributed by atoms with E-state index in [1.165, 1.54) is 0 Å². The van der Waals surface area contributed by atoms with Gasteiger partial charge in [-0.2, -0.15) is 0 Å². The molecule has 2 aromatic carbocycles. The van der Waals surface area contributed by atoms with Crippen LogP contribution in [-0.2, 0) is 0 Å². The summed E-state index contributed by atoms with van der Waals surface area (Å²) in [5.74, 6) is -0.254. The van der Waals surface area contributed by atoms with Gasteiger partial charge in [-0.25, -0.2) is 0 Å². The van der Waals surface area contributed by atoms with Gasteiger partial charge in [-0.1, -0.05) is 23.2 Å². The van der Waals surface area contributed by atoms with Crippen LogP contribution in [0.25, 0.3) is 0 Å². The zero-order valence-corrected chi connectivity index (χ0v) is 13.6. The third-order valence-corrected chi connectivity index (χ3v) is 4.14. The molecule has 0 aromatic heterocycles. The van der Waals surface area contributed by atoms with Crippen molar-refractivity contribution in [1.82, 2.24) is 0 Å². The fourth-order valence-electron chi connectivity index (χ4n) is 1.69. The molecular formula is C14H11BrCl2N2O. The highest BCUT2D eigenvalue weighted by molar-refractivity contribution is 9.10. The quantitative estimate of drug-likeness (QED) is 0.790. The highest BCUT2D eigenvalue weighted by Gasteiger charge is 2.12. The highest BCUT2D eigenvalue weighted by atomic mass is 79.9. The Morgan fingerprint density at radius 1 is 1.15 bits per heavy atom. The van der Waals surface area contributed by atoms with Crippen molar-refractivity contribution < 1.29 is 4.79 Å². The van der Waals surface area contributed by atoms with E-state index in [2.05, 4.69) is 26.6 Å². The van der Waals surface area contributed by atoms with Crippen molar-refractivity contribution >= 4 is 56.4 Å². The van der Waals surface area contributed by atoms with Gasteiger partial charge in [0.15, 0.2) is 0 Å². The minimum atomic E-state index is -0.254. The van der Waals surface area contributed by atoms with Gasteiger partial charge >= 0.3 is 0 Å². The third-order valence-electron chi connectivity index (χ3n) is 2.67. The van der Waals surface area contributed by atoms with Gasteiger partial charge in [0.1, 0.15) is 0 Å². The molecule has 6 heteroatoms. The molecule has 1 amide bonds. The van der Waals surface area contributed by atoms with Gasteiger partial charge < -0.3 is 10.6 Å². The summed E-state index contributed by atoms with van der Waals surface area (Å²) in [6.45, 7) is 0. The van der Waals surface area contributed by atoms with E-state index in [-0.39, 0.29) is 5.91 Å². The number of benzene rings is 2. The fourth-order valence-corrected chi connectivity index (χ4v) is 2.29. The number of carbonyl (C=O) groups is 1. The summed E-state index contributed by atoms with van der Waals surface area (Å²) >= 11 is 15.2. The van der Waals surface area contributed by atoms with E-state index in [1.807, 2.05) is 0 Å². The number of halogens is 3. The first-order valence-electron chi connectivity index (χ1n) is 5.75. The molecule has 2 N–H and O–H groups in total. The van der Waals surface area contributed by atoms with Gasteiger partial charge in [-0.3, -0.25) is 4.79 Å². The summed E-state index contributed by atoms with van der Waals surface area (Å²) in [5.41, 5.74) is 1.79. The van der Waals surface area contributed by atoms with Crippen LogP contribution in [0.4, 0.5) is 11.4 Å². The summed E-state index contributed by atoms with van der Waals surface area (Å²) in [5, 5.41) is 6.78. The zero-order valence-electron chi connectivity index (χ0n) is 10.5. The van der Waals surface area contributed by atoms with E-state index >= 15 is 0 Å². The van der Waals surface area contributed by atoms with Crippen LogP contribution in [0, 0.1) is 0 Å². The monoisotopic (exact) mass is 372 g/mol. The first-order chi connectivity index (χ1) is 9.51. The molecule has 0 saturated heterocycles. The van der Waals surface area contributed by atoms with Gasteiger partial charge in [0.2, 0.25) is 0 Å². The summed E-state index contributed by atoms with van der Waals surface area (Å²) in [4.78, 5) is 12.3. The van der Waals surface area contributed by atoms with Crippen LogP contribution in [0.15, 0.2) is 40.9 Å². The van der Waals surface area contributed by atoms with Crippen LogP contribution in [0.5, 0.6) is 0 Å². The number of anilines is 2. The number of hydrogen-bond acceptors (Lipinski definition) is 2. The van der Waals surface area contributed by atoms with Crippen molar-refractivity contribution in [3.8, 4) is 0 Å². The summed E-state index contributed by atoms with van der Waals surface area (Å²) in [6, 6.07) is 10.3. The van der Waals surface area contributed by atoms with Gasteiger partial charge in [0.05, 0.1) is 10.6 Å². The molecule has 2 rings (SSSR count). The second-order valence-corrected chi connectivity index (χ2v) is 5.72. The normalized spacial score (nSPS) is 10.2. The summed E-state index contributed by atoms with van der Waals surface area (Å²) in [7, 11) is 1.75. The van der Waals surface area contributed by atoms with Crippen molar-refractivity contribution in [2.45, 2.75) is 0 Å². The standard InChI is InChI=1S/C14H11BrCl2N2O/c1-18-13-5-2-8(16)6-10(13)14(20)19-9-3-4-11(15)12(17)7-9/h2-7,18H,1H3,(H,19,20). The van der Waals surface area contributed by atoms with E-state index in [1.54, 1.807) is 43.4 Å². The molecular weight excluding hydrogens is 363 g/mol. The molecule has 0 heterocycles. The predicted molar refractivity (Wildman–Crippen MR) is 88.1 cm³/mol. The lowest BCUT2D eigenvalue weighted by molar-refractivity contribution is 0.102. The molecule has 0 bridgehead atoms. The lowest BCUT2D eigenvalue weighted by atomic mass is 10.1. The molecule has 2 aromatic rings.